The van der Waals surface area contributed by atoms with Crippen molar-refractivity contribution in [3.05, 3.63) is 97.2 Å². The van der Waals surface area contributed by atoms with Gasteiger partial charge in [-0.25, -0.2) is 0 Å². The van der Waals surface area contributed by atoms with Crippen LogP contribution in [0.3, 0.4) is 0 Å². The molecule has 0 spiro atoms. The van der Waals surface area contributed by atoms with Crippen LogP contribution in [0.2, 0.25) is 0 Å². The molecule has 1 amide bonds. The minimum atomic E-state index is -4.71. The number of esters is 1. The van der Waals surface area contributed by atoms with Gasteiger partial charge in [0.1, 0.15) is 19.3 Å². The van der Waals surface area contributed by atoms with Crippen LogP contribution in [0.25, 0.3) is 0 Å². The average molecular weight is 1080 g/mol. The maximum atomic E-state index is 13.5. The van der Waals surface area contributed by atoms with Gasteiger partial charge >= 0.3 is 5.97 Å². The van der Waals surface area contributed by atoms with Gasteiger partial charge in [0.15, 0.2) is 0 Å². The van der Waals surface area contributed by atoms with Gasteiger partial charge in [0.05, 0.1) is 33.8 Å². The van der Waals surface area contributed by atoms with Crippen LogP contribution in [0.4, 0.5) is 0 Å². The van der Waals surface area contributed by atoms with Gasteiger partial charge in [-0.2, -0.15) is 0 Å². The molecule has 3 atom stereocenters. The third-order valence-corrected chi connectivity index (χ3v) is 14.2. The molecule has 0 saturated heterocycles. The highest BCUT2D eigenvalue weighted by atomic mass is 31.2. The van der Waals surface area contributed by atoms with E-state index in [1.54, 1.807) is 0 Å². The lowest BCUT2D eigenvalue weighted by atomic mass is 10.0. The molecular formula is C66H117N2O7P. The molecule has 0 aliphatic rings. The first-order valence-electron chi connectivity index (χ1n) is 31.0. The quantitative estimate of drug-likeness (QED) is 0.0212. The largest absolute Gasteiger partial charge is 0.756 e. The first-order chi connectivity index (χ1) is 36.9. The maximum absolute atomic E-state index is 13.5. The molecule has 0 radical (unpaired) electrons. The van der Waals surface area contributed by atoms with E-state index in [9.17, 15) is 19.0 Å². The van der Waals surface area contributed by atoms with Gasteiger partial charge in [0.2, 0.25) is 5.91 Å². The van der Waals surface area contributed by atoms with Crippen molar-refractivity contribution in [1.29, 1.82) is 0 Å². The molecule has 0 saturated carbocycles. The summed E-state index contributed by atoms with van der Waals surface area (Å²) in [5.41, 5.74) is 0. The van der Waals surface area contributed by atoms with Crippen molar-refractivity contribution >= 4 is 19.7 Å². The van der Waals surface area contributed by atoms with Crippen LogP contribution >= 0.6 is 7.82 Å². The molecule has 1 N–H and O–H groups in total. The standard InChI is InChI=1S/C66H117N2O7P/c1-7-10-13-16-19-22-25-28-30-31-32-33-34-35-36-37-38-40-43-46-49-52-55-58-65(69)67-63(62-74-76(71,72)73-61-60-68(4,5)6)64(57-54-51-48-45-42-39-27-24-21-18-15-12-9-3)75-66(70)59-56-53-50-47-44-41-29-26-23-20-17-14-11-8-2/h10-11,13-14,19-20,22-23,28,30,32-33,35-36,54,57,63-64H,7-9,12,15-18,21,24-27,29,31,34,37-53,55-56,58-62H2,1-6H3,(H-,67,69,71,72)/b13-10-,14-11+,22-19-,23-20+,30-28-,33-32-,36-35-,57-54-. The number of ether oxygens (including phenoxy) is 1. The Morgan fingerprint density at radius 2 is 0.842 bits per heavy atom. The van der Waals surface area contributed by atoms with E-state index in [1.165, 1.54) is 96.3 Å². The third kappa shape index (κ3) is 55.7. The molecular weight excluding hydrogens is 964 g/mol. The topological polar surface area (TPSA) is 114 Å². The normalized spacial score (nSPS) is 14.4. The molecule has 0 heterocycles. The molecule has 0 aromatic rings. The molecule has 0 aromatic heterocycles. The van der Waals surface area contributed by atoms with Gasteiger partial charge in [-0.1, -0.05) is 240 Å². The number of unbranched alkanes of at least 4 members (excludes halogenated alkanes) is 25. The summed E-state index contributed by atoms with van der Waals surface area (Å²) in [7, 11) is 1.16. The Kier molecular flexibility index (Phi) is 53.0. The zero-order valence-electron chi connectivity index (χ0n) is 49.9. The van der Waals surface area contributed by atoms with Gasteiger partial charge in [0.25, 0.3) is 7.82 Å². The van der Waals surface area contributed by atoms with E-state index in [1.807, 2.05) is 33.3 Å². The van der Waals surface area contributed by atoms with E-state index in [0.29, 0.717) is 17.4 Å². The van der Waals surface area contributed by atoms with Crippen LogP contribution in [0, 0.1) is 0 Å². The molecule has 3 unspecified atom stereocenters. The van der Waals surface area contributed by atoms with Crippen molar-refractivity contribution in [2.24, 2.45) is 0 Å². The number of phosphoric ester groups is 1. The Hall–Kier alpha value is -3.07. The zero-order chi connectivity index (χ0) is 55.7. The number of nitrogens with one attached hydrogen (secondary N) is 1. The van der Waals surface area contributed by atoms with E-state index < -0.39 is 26.6 Å². The summed E-state index contributed by atoms with van der Waals surface area (Å²) in [6.07, 6.45) is 73.7. The summed E-state index contributed by atoms with van der Waals surface area (Å²) in [6.45, 7) is 6.61. The number of phosphoric acid groups is 1. The van der Waals surface area contributed by atoms with E-state index in [-0.39, 0.29) is 24.9 Å². The minimum absolute atomic E-state index is 0.0303. The second-order valence-corrected chi connectivity index (χ2v) is 23.2. The fraction of sp³-hybridized carbons (Fsp3) is 0.727. The number of rotatable bonds is 55. The molecule has 0 aliphatic carbocycles. The highest BCUT2D eigenvalue weighted by Gasteiger charge is 2.27. The fourth-order valence-corrected chi connectivity index (χ4v) is 9.25. The van der Waals surface area contributed by atoms with Crippen molar-refractivity contribution in [2.45, 2.75) is 270 Å². The minimum Gasteiger partial charge on any atom is -0.756 e. The maximum Gasteiger partial charge on any atom is 0.306 e. The number of amides is 1. The van der Waals surface area contributed by atoms with Gasteiger partial charge in [-0.15, -0.1) is 0 Å². The summed E-state index contributed by atoms with van der Waals surface area (Å²) in [4.78, 5) is 40.0. The summed E-state index contributed by atoms with van der Waals surface area (Å²) >= 11 is 0. The number of nitrogens with zero attached hydrogens (tertiary/aromatic N) is 1. The molecule has 438 valence electrons. The monoisotopic (exact) mass is 1080 g/mol. The van der Waals surface area contributed by atoms with Gasteiger partial charge < -0.3 is 28.5 Å². The van der Waals surface area contributed by atoms with E-state index in [2.05, 4.69) is 111 Å². The Labute approximate surface area is 468 Å². The highest BCUT2D eigenvalue weighted by Crippen LogP contribution is 2.38. The van der Waals surface area contributed by atoms with Gasteiger partial charge in [-0.05, 0) is 102 Å². The molecule has 9 nitrogen and oxygen atoms in total. The molecule has 0 fully saturated rings. The fourth-order valence-electron chi connectivity index (χ4n) is 8.53. The Balaban J connectivity index is 5.26. The molecule has 10 heteroatoms. The number of hydrogen-bond acceptors (Lipinski definition) is 7. The molecule has 0 aliphatic heterocycles. The number of carbonyl (C=O) groups is 2. The van der Waals surface area contributed by atoms with Crippen molar-refractivity contribution < 1.29 is 37.3 Å². The Bertz CT molecular complexity index is 1620. The number of hydrogen-bond donors (Lipinski definition) is 1. The van der Waals surface area contributed by atoms with E-state index in [0.717, 1.165) is 128 Å². The van der Waals surface area contributed by atoms with Gasteiger partial charge in [0, 0.05) is 12.8 Å². The van der Waals surface area contributed by atoms with Crippen LogP contribution in [0.15, 0.2) is 97.2 Å². The number of likely N-dealkylation sites (N-methyl/N-ethyl adjacent to an activating group) is 1. The van der Waals surface area contributed by atoms with Crippen molar-refractivity contribution in [1.82, 2.24) is 5.32 Å². The Morgan fingerprint density at radius 3 is 1.26 bits per heavy atom. The lowest BCUT2D eigenvalue weighted by molar-refractivity contribution is -0.870. The van der Waals surface area contributed by atoms with Crippen LogP contribution in [0.5, 0.6) is 0 Å². The van der Waals surface area contributed by atoms with Crippen LogP contribution in [-0.2, 0) is 27.9 Å². The molecule has 0 bridgehead atoms. The predicted octanol–water partition coefficient (Wildman–Crippen LogP) is 18.5. The smallest absolute Gasteiger partial charge is 0.306 e. The predicted molar refractivity (Wildman–Crippen MR) is 325 cm³/mol. The summed E-state index contributed by atoms with van der Waals surface area (Å²) in [5.74, 6) is -0.566. The second kappa shape index (κ2) is 55.3. The third-order valence-electron chi connectivity index (χ3n) is 13.3. The lowest BCUT2D eigenvalue weighted by Crippen LogP contribution is -2.47. The SMILES string of the molecule is CC/C=C\C/C=C\C/C=C\C/C=C\C/C=C\CCCCCCCCCC(=O)NC(COP(=O)([O-])OCC[N+](C)(C)C)C(/C=C\CCCCCCCCCCCCC)OC(=O)CCCCCCCCC/C=C/C/C=C/CC. The van der Waals surface area contributed by atoms with Gasteiger partial charge in [-0.3, -0.25) is 14.2 Å². The van der Waals surface area contributed by atoms with E-state index >= 15 is 0 Å². The molecule has 76 heavy (non-hydrogen) atoms. The average Bonchev–Trinajstić information content (AvgIpc) is 3.38. The van der Waals surface area contributed by atoms with Crippen molar-refractivity contribution in [3.63, 3.8) is 0 Å². The summed E-state index contributed by atoms with van der Waals surface area (Å²) < 4.78 is 30.3. The first kappa shape index (κ1) is 72.9. The van der Waals surface area contributed by atoms with Crippen molar-refractivity contribution in [3.8, 4) is 0 Å². The van der Waals surface area contributed by atoms with E-state index in [4.69, 9.17) is 13.8 Å². The van der Waals surface area contributed by atoms with Crippen LogP contribution < -0.4 is 10.2 Å². The van der Waals surface area contributed by atoms with Crippen LogP contribution in [-0.4, -0.2) is 69.4 Å². The lowest BCUT2D eigenvalue weighted by Gasteiger charge is -2.30. The Morgan fingerprint density at radius 1 is 0.474 bits per heavy atom. The zero-order valence-corrected chi connectivity index (χ0v) is 50.8. The summed E-state index contributed by atoms with van der Waals surface area (Å²) in [6, 6.07) is -0.903. The first-order valence-corrected chi connectivity index (χ1v) is 32.5. The number of quaternary nitrogens is 1. The highest BCUT2D eigenvalue weighted by molar-refractivity contribution is 7.45. The molecule has 0 aromatic carbocycles. The van der Waals surface area contributed by atoms with Crippen molar-refractivity contribution in [2.75, 3.05) is 40.9 Å². The number of allylic oxidation sites excluding steroid dienone is 15. The number of carbonyl (C=O) groups excluding carboxylic acids is 2. The molecule has 0 rings (SSSR count). The van der Waals surface area contributed by atoms with Crippen LogP contribution in [0.1, 0.15) is 258 Å². The summed E-state index contributed by atoms with van der Waals surface area (Å²) in [5, 5.41) is 3.02. The second-order valence-electron chi connectivity index (χ2n) is 21.8.